The molecule has 0 heterocycles. The molecule has 1 fully saturated rings. The van der Waals surface area contributed by atoms with E-state index in [1.807, 2.05) is 19.9 Å². The van der Waals surface area contributed by atoms with Gasteiger partial charge in [0.05, 0.1) is 0 Å². The van der Waals surface area contributed by atoms with Gasteiger partial charge in [-0.15, -0.1) is 0 Å². The van der Waals surface area contributed by atoms with Gasteiger partial charge in [-0.3, -0.25) is 0 Å². The molecular formula is C11H15ClO. The molecule has 0 unspecified atom stereocenters. The van der Waals surface area contributed by atoms with Crippen molar-refractivity contribution in [2.24, 2.45) is 0 Å². The SMILES string of the molecule is CC.Oc1ccc(C2CC2)c(Cl)c1. The minimum absolute atomic E-state index is 0.249. The third kappa shape index (κ3) is 2.63. The standard InChI is InChI=1S/C9H9ClO.C2H6/c10-9-5-7(11)3-4-8(9)6-1-2-6;1-2/h3-6,11H,1-2H2;1-2H3. The molecule has 0 atom stereocenters. The second kappa shape index (κ2) is 4.52. The summed E-state index contributed by atoms with van der Waals surface area (Å²) in [5.74, 6) is 0.905. The van der Waals surface area contributed by atoms with Crippen LogP contribution >= 0.6 is 11.6 Å². The predicted octanol–water partition coefficient (Wildman–Crippen LogP) is 3.95. The Labute approximate surface area is 84.4 Å². The van der Waals surface area contributed by atoms with E-state index < -0.39 is 0 Å². The molecule has 0 aromatic heterocycles. The number of rotatable bonds is 1. The maximum atomic E-state index is 9.06. The second-order valence-electron chi connectivity index (χ2n) is 2.98. The van der Waals surface area contributed by atoms with E-state index in [0.717, 1.165) is 0 Å². The van der Waals surface area contributed by atoms with Gasteiger partial charge in [-0.05, 0) is 36.5 Å². The summed E-state index contributed by atoms with van der Waals surface area (Å²) in [6.07, 6.45) is 2.48. The lowest BCUT2D eigenvalue weighted by Gasteiger charge is -2.00. The molecule has 0 spiro atoms. The Hall–Kier alpha value is -0.690. The number of hydrogen-bond acceptors (Lipinski definition) is 1. The second-order valence-corrected chi connectivity index (χ2v) is 3.39. The van der Waals surface area contributed by atoms with E-state index in [0.29, 0.717) is 10.9 Å². The van der Waals surface area contributed by atoms with Crippen molar-refractivity contribution in [1.82, 2.24) is 0 Å². The van der Waals surface area contributed by atoms with Gasteiger partial charge in [-0.25, -0.2) is 0 Å². The first-order valence-corrected chi connectivity index (χ1v) is 5.13. The molecular weight excluding hydrogens is 184 g/mol. The minimum Gasteiger partial charge on any atom is -0.508 e. The van der Waals surface area contributed by atoms with Gasteiger partial charge in [-0.1, -0.05) is 31.5 Å². The fourth-order valence-electron chi connectivity index (χ4n) is 1.24. The van der Waals surface area contributed by atoms with Crippen LogP contribution < -0.4 is 0 Å². The lowest BCUT2D eigenvalue weighted by atomic mass is 10.1. The Balaban J connectivity index is 0.000000396. The Kier molecular flexibility index (Phi) is 3.61. The van der Waals surface area contributed by atoms with Crippen LogP contribution in [0.15, 0.2) is 18.2 Å². The molecule has 1 nitrogen and oxygen atoms in total. The molecule has 1 aromatic rings. The molecule has 0 saturated heterocycles. The largest absolute Gasteiger partial charge is 0.508 e. The molecule has 72 valence electrons. The molecule has 0 radical (unpaired) electrons. The van der Waals surface area contributed by atoms with Crippen molar-refractivity contribution >= 4 is 11.6 Å². The Morgan fingerprint density at radius 1 is 1.31 bits per heavy atom. The molecule has 1 aliphatic carbocycles. The Morgan fingerprint density at radius 2 is 1.92 bits per heavy atom. The quantitative estimate of drug-likeness (QED) is 0.725. The summed E-state index contributed by atoms with van der Waals surface area (Å²) in [5.41, 5.74) is 1.18. The van der Waals surface area contributed by atoms with Crippen LogP contribution in [-0.4, -0.2) is 5.11 Å². The van der Waals surface area contributed by atoms with Crippen molar-refractivity contribution < 1.29 is 5.11 Å². The van der Waals surface area contributed by atoms with Crippen LogP contribution in [-0.2, 0) is 0 Å². The van der Waals surface area contributed by atoms with Crippen LogP contribution in [0.4, 0.5) is 0 Å². The number of hydrogen-bond donors (Lipinski definition) is 1. The summed E-state index contributed by atoms with van der Waals surface area (Å²) in [4.78, 5) is 0. The molecule has 2 heteroatoms. The summed E-state index contributed by atoms with van der Waals surface area (Å²) in [6, 6.07) is 5.21. The van der Waals surface area contributed by atoms with E-state index in [1.54, 1.807) is 12.1 Å². The highest BCUT2D eigenvalue weighted by molar-refractivity contribution is 6.31. The number of phenols is 1. The average molecular weight is 199 g/mol. The zero-order valence-corrected chi connectivity index (χ0v) is 8.80. The first-order valence-electron chi connectivity index (χ1n) is 4.76. The van der Waals surface area contributed by atoms with Crippen molar-refractivity contribution in [3.8, 4) is 5.75 Å². The third-order valence-corrected chi connectivity index (χ3v) is 2.33. The zero-order valence-electron chi connectivity index (χ0n) is 8.05. The average Bonchev–Trinajstić information content (AvgIpc) is 2.91. The molecule has 1 aliphatic rings. The molecule has 2 rings (SSSR count). The fraction of sp³-hybridized carbons (Fsp3) is 0.455. The third-order valence-electron chi connectivity index (χ3n) is 2.00. The van der Waals surface area contributed by atoms with E-state index in [4.69, 9.17) is 16.7 Å². The van der Waals surface area contributed by atoms with Gasteiger partial charge < -0.3 is 5.11 Å². The van der Waals surface area contributed by atoms with Crippen LogP contribution in [0.1, 0.15) is 38.2 Å². The van der Waals surface area contributed by atoms with Gasteiger partial charge in [0.1, 0.15) is 5.75 Å². The molecule has 1 aromatic carbocycles. The van der Waals surface area contributed by atoms with E-state index in [9.17, 15) is 0 Å². The summed E-state index contributed by atoms with van der Waals surface area (Å²) in [5, 5.41) is 9.76. The van der Waals surface area contributed by atoms with Crippen LogP contribution in [0.3, 0.4) is 0 Å². The van der Waals surface area contributed by atoms with Crippen molar-refractivity contribution in [3.63, 3.8) is 0 Å². The van der Waals surface area contributed by atoms with Gasteiger partial charge in [-0.2, -0.15) is 0 Å². The minimum atomic E-state index is 0.249. The van der Waals surface area contributed by atoms with E-state index in [-0.39, 0.29) is 5.75 Å². The van der Waals surface area contributed by atoms with Crippen LogP contribution in [0, 0.1) is 0 Å². The highest BCUT2D eigenvalue weighted by Crippen LogP contribution is 2.43. The predicted molar refractivity (Wildman–Crippen MR) is 56.4 cm³/mol. The lowest BCUT2D eigenvalue weighted by Crippen LogP contribution is -1.79. The molecule has 13 heavy (non-hydrogen) atoms. The number of benzene rings is 1. The summed E-state index contributed by atoms with van der Waals surface area (Å²) in [6.45, 7) is 4.00. The molecule has 1 N–H and O–H groups in total. The van der Waals surface area contributed by atoms with Crippen molar-refractivity contribution in [1.29, 1.82) is 0 Å². The van der Waals surface area contributed by atoms with Crippen molar-refractivity contribution in [2.75, 3.05) is 0 Å². The van der Waals surface area contributed by atoms with Gasteiger partial charge in [0.2, 0.25) is 0 Å². The highest BCUT2D eigenvalue weighted by Gasteiger charge is 2.25. The fourth-order valence-corrected chi connectivity index (χ4v) is 1.57. The van der Waals surface area contributed by atoms with Crippen LogP contribution in [0.5, 0.6) is 5.75 Å². The van der Waals surface area contributed by atoms with Gasteiger partial charge in [0.25, 0.3) is 0 Å². The summed E-state index contributed by atoms with van der Waals surface area (Å²) < 4.78 is 0. The maximum absolute atomic E-state index is 9.06. The lowest BCUT2D eigenvalue weighted by molar-refractivity contribution is 0.475. The normalized spacial score (nSPS) is 14.7. The monoisotopic (exact) mass is 198 g/mol. The molecule has 0 amide bonds. The Bertz CT molecular complexity index is 279. The molecule has 0 aliphatic heterocycles. The number of phenolic OH excluding ortho intramolecular Hbond substituents is 1. The van der Waals surface area contributed by atoms with Crippen molar-refractivity contribution in [2.45, 2.75) is 32.6 Å². The van der Waals surface area contributed by atoms with E-state index in [2.05, 4.69) is 0 Å². The Morgan fingerprint density at radius 3 is 2.38 bits per heavy atom. The maximum Gasteiger partial charge on any atom is 0.117 e. The zero-order chi connectivity index (χ0) is 9.84. The number of halogens is 1. The summed E-state index contributed by atoms with van der Waals surface area (Å²) >= 11 is 5.90. The van der Waals surface area contributed by atoms with Crippen LogP contribution in [0.25, 0.3) is 0 Å². The van der Waals surface area contributed by atoms with Gasteiger partial charge >= 0.3 is 0 Å². The topological polar surface area (TPSA) is 20.2 Å². The smallest absolute Gasteiger partial charge is 0.117 e. The van der Waals surface area contributed by atoms with Gasteiger partial charge in [0.15, 0.2) is 0 Å². The highest BCUT2D eigenvalue weighted by atomic mass is 35.5. The van der Waals surface area contributed by atoms with Crippen molar-refractivity contribution in [3.05, 3.63) is 28.8 Å². The first kappa shape index (κ1) is 10.4. The first-order chi connectivity index (χ1) is 6.27. The van der Waals surface area contributed by atoms with Crippen LogP contribution in [0.2, 0.25) is 5.02 Å². The number of aromatic hydroxyl groups is 1. The van der Waals surface area contributed by atoms with E-state index in [1.165, 1.54) is 18.4 Å². The molecule has 0 bridgehead atoms. The van der Waals surface area contributed by atoms with Gasteiger partial charge in [0, 0.05) is 5.02 Å². The van der Waals surface area contributed by atoms with E-state index >= 15 is 0 Å². The summed E-state index contributed by atoms with van der Waals surface area (Å²) in [7, 11) is 0. The molecule has 1 saturated carbocycles.